The highest BCUT2D eigenvalue weighted by Gasteiger charge is 2.13. The predicted molar refractivity (Wildman–Crippen MR) is 105 cm³/mol. The fraction of sp³-hybridized carbons (Fsp3) is 0.0526. The number of amides is 1. The fourth-order valence-electron chi connectivity index (χ4n) is 2.23. The minimum atomic E-state index is -0.107. The fourth-order valence-corrected chi connectivity index (χ4v) is 3.78. The summed E-state index contributed by atoms with van der Waals surface area (Å²) >= 11 is 3.56. The quantitative estimate of drug-likeness (QED) is 0.462. The molecule has 0 fully saturated rings. The molecule has 1 amide bonds. The van der Waals surface area contributed by atoms with Gasteiger partial charge < -0.3 is 5.32 Å². The van der Waals surface area contributed by atoms with Gasteiger partial charge in [-0.15, -0.1) is 11.3 Å². The lowest BCUT2D eigenvalue weighted by molar-refractivity contribution is 0.0950. The van der Waals surface area contributed by atoms with E-state index in [0.29, 0.717) is 22.5 Å². The van der Waals surface area contributed by atoms with Crippen LogP contribution < -0.4 is 5.32 Å². The Morgan fingerprint density at radius 3 is 2.38 bits per heavy atom. The molecule has 0 spiro atoms. The molecule has 0 aliphatic heterocycles. The summed E-state index contributed by atoms with van der Waals surface area (Å²) in [5.74, 6) is -0.0971. The van der Waals surface area contributed by atoms with Gasteiger partial charge in [0.15, 0.2) is 0 Å². The van der Waals surface area contributed by atoms with Crippen molar-refractivity contribution >= 4 is 45.6 Å². The standard InChI is InChI=1S/C19H14INO2S/c20-16-9-5-4-8-15(16)19(23)21-12-14-10-11-17(24-14)18(22)13-6-2-1-3-7-13/h1-11H,12H2,(H,21,23). The number of carbonyl (C=O) groups is 2. The Labute approximate surface area is 157 Å². The minimum Gasteiger partial charge on any atom is -0.347 e. The summed E-state index contributed by atoms with van der Waals surface area (Å²) in [5.41, 5.74) is 1.34. The number of rotatable bonds is 5. The Bertz CT molecular complexity index is 874. The van der Waals surface area contributed by atoms with Gasteiger partial charge in [0.05, 0.1) is 17.0 Å². The van der Waals surface area contributed by atoms with Crippen LogP contribution >= 0.6 is 33.9 Å². The Balaban J connectivity index is 1.66. The smallest absolute Gasteiger partial charge is 0.252 e. The van der Waals surface area contributed by atoms with Gasteiger partial charge in [0, 0.05) is 14.0 Å². The highest BCUT2D eigenvalue weighted by Crippen LogP contribution is 2.20. The molecule has 5 heteroatoms. The average Bonchev–Trinajstić information content (AvgIpc) is 3.09. The van der Waals surface area contributed by atoms with Crippen LogP contribution in [-0.4, -0.2) is 11.7 Å². The second-order valence-corrected chi connectivity index (χ2v) is 7.45. The zero-order valence-electron chi connectivity index (χ0n) is 12.7. The highest BCUT2D eigenvalue weighted by atomic mass is 127. The third-order valence-corrected chi connectivity index (χ3v) is 5.49. The lowest BCUT2D eigenvalue weighted by Crippen LogP contribution is -2.23. The molecule has 0 saturated heterocycles. The first kappa shape index (κ1) is 16.9. The van der Waals surface area contributed by atoms with Crippen molar-refractivity contribution in [2.75, 3.05) is 0 Å². The minimum absolute atomic E-state index is 0.00999. The van der Waals surface area contributed by atoms with Crippen LogP contribution in [0.3, 0.4) is 0 Å². The van der Waals surface area contributed by atoms with E-state index in [1.807, 2.05) is 48.5 Å². The molecule has 24 heavy (non-hydrogen) atoms. The van der Waals surface area contributed by atoms with Crippen LogP contribution in [0.2, 0.25) is 0 Å². The van der Waals surface area contributed by atoms with E-state index in [1.54, 1.807) is 18.2 Å². The molecule has 0 radical (unpaired) electrons. The zero-order chi connectivity index (χ0) is 16.9. The van der Waals surface area contributed by atoms with Crippen LogP contribution in [-0.2, 0) is 6.54 Å². The van der Waals surface area contributed by atoms with Crippen LogP contribution in [0.4, 0.5) is 0 Å². The molecule has 0 unspecified atom stereocenters. The van der Waals surface area contributed by atoms with E-state index in [2.05, 4.69) is 27.9 Å². The molecule has 0 aliphatic carbocycles. The summed E-state index contributed by atoms with van der Waals surface area (Å²) in [6, 6.07) is 20.3. The van der Waals surface area contributed by atoms with Gasteiger partial charge in [-0.2, -0.15) is 0 Å². The van der Waals surface area contributed by atoms with Crippen molar-refractivity contribution in [2.24, 2.45) is 0 Å². The average molecular weight is 447 g/mol. The third-order valence-electron chi connectivity index (χ3n) is 3.46. The molecular weight excluding hydrogens is 433 g/mol. The monoisotopic (exact) mass is 447 g/mol. The number of carbonyl (C=O) groups excluding carboxylic acids is 2. The van der Waals surface area contributed by atoms with Crippen molar-refractivity contribution < 1.29 is 9.59 Å². The first-order valence-corrected chi connectivity index (χ1v) is 9.26. The Morgan fingerprint density at radius 2 is 1.62 bits per heavy atom. The van der Waals surface area contributed by atoms with E-state index in [-0.39, 0.29) is 11.7 Å². The van der Waals surface area contributed by atoms with Crippen LogP contribution in [0.25, 0.3) is 0 Å². The molecular formula is C19H14INO2S. The number of nitrogens with one attached hydrogen (secondary N) is 1. The van der Waals surface area contributed by atoms with Gasteiger partial charge in [0.25, 0.3) is 5.91 Å². The molecule has 3 rings (SSSR count). The molecule has 2 aromatic carbocycles. The topological polar surface area (TPSA) is 46.2 Å². The van der Waals surface area contributed by atoms with Crippen LogP contribution in [0.1, 0.15) is 30.5 Å². The van der Waals surface area contributed by atoms with Crippen LogP contribution in [0.15, 0.2) is 66.7 Å². The number of hydrogen-bond donors (Lipinski definition) is 1. The van der Waals surface area contributed by atoms with E-state index < -0.39 is 0 Å². The summed E-state index contributed by atoms with van der Waals surface area (Å²) < 4.78 is 0.915. The number of thiophene rings is 1. The molecule has 1 N–H and O–H groups in total. The number of halogens is 1. The molecule has 0 aliphatic rings. The molecule has 0 bridgehead atoms. The lowest BCUT2D eigenvalue weighted by Gasteiger charge is -2.05. The van der Waals surface area contributed by atoms with E-state index in [4.69, 9.17) is 0 Å². The SMILES string of the molecule is O=C(c1ccccc1)c1ccc(CNC(=O)c2ccccc2I)s1. The number of hydrogen-bond acceptors (Lipinski definition) is 3. The van der Waals surface area contributed by atoms with E-state index in [9.17, 15) is 9.59 Å². The highest BCUT2D eigenvalue weighted by molar-refractivity contribution is 14.1. The molecule has 3 aromatic rings. The van der Waals surface area contributed by atoms with Crippen molar-refractivity contribution in [1.82, 2.24) is 5.32 Å². The first-order valence-electron chi connectivity index (χ1n) is 7.36. The summed E-state index contributed by atoms with van der Waals surface area (Å²) in [7, 11) is 0. The third kappa shape index (κ3) is 3.91. The predicted octanol–water partition coefficient (Wildman–Crippen LogP) is 4.51. The molecule has 1 heterocycles. The van der Waals surface area contributed by atoms with Crippen LogP contribution in [0.5, 0.6) is 0 Å². The normalized spacial score (nSPS) is 10.4. The summed E-state index contributed by atoms with van der Waals surface area (Å²) in [6.45, 7) is 0.413. The van der Waals surface area contributed by atoms with Crippen molar-refractivity contribution in [1.29, 1.82) is 0 Å². The maximum atomic E-state index is 12.4. The van der Waals surface area contributed by atoms with Crippen molar-refractivity contribution in [3.05, 3.63) is 91.2 Å². The second-order valence-electron chi connectivity index (χ2n) is 5.12. The second kappa shape index (κ2) is 7.72. The molecule has 120 valence electrons. The summed E-state index contributed by atoms with van der Waals surface area (Å²) in [5, 5.41) is 2.90. The van der Waals surface area contributed by atoms with E-state index in [1.165, 1.54) is 11.3 Å². The molecule has 0 saturated carbocycles. The maximum absolute atomic E-state index is 12.4. The Kier molecular flexibility index (Phi) is 5.42. The number of benzene rings is 2. The molecule has 3 nitrogen and oxygen atoms in total. The Hall–Kier alpha value is -1.99. The first-order chi connectivity index (χ1) is 11.6. The van der Waals surface area contributed by atoms with Crippen molar-refractivity contribution in [3.8, 4) is 0 Å². The van der Waals surface area contributed by atoms with Gasteiger partial charge in [-0.25, -0.2) is 0 Å². The largest absolute Gasteiger partial charge is 0.347 e. The Morgan fingerprint density at radius 1 is 0.917 bits per heavy atom. The van der Waals surface area contributed by atoms with Gasteiger partial charge >= 0.3 is 0 Å². The van der Waals surface area contributed by atoms with E-state index >= 15 is 0 Å². The van der Waals surface area contributed by atoms with Gasteiger partial charge in [0.2, 0.25) is 5.78 Å². The van der Waals surface area contributed by atoms with Crippen molar-refractivity contribution in [2.45, 2.75) is 6.54 Å². The van der Waals surface area contributed by atoms with Gasteiger partial charge in [0.1, 0.15) is 0 Å². The molecule has 1 aromatic heterocycles. The maximum Gasteiger partial charge on any atom is 0.252 e. The van der Waals surface area contributed by atoms with Gasteiger partial charge in [-0.3, -0.25) is 9.59 Å². The zero-order valence-corrected chi connectivity index (χ0v) is 15.6. The number of ketones is 1. The van der Waals surface area contributed by atoms with Gasteiger partial charge in [-0.1, -0.05) is 42.5 Å². The van der Waals surface area contributed by atoms with E-state index in [0.717, 1.165) is 8.45 Å². The lowest BCUT2D eigenvalue weighted by atomic mass is 10.1. The summed E-state index contributed by atoms with van der Waals surface area (Å²) in [6.07, 6.45) is 0. The van der Waals surface area contributed by atoms with Gasteiger partial charge in [-0.05, 0) is 46.9 Å². The molecule has 0 atom stereocenters. The van der Waals surface area contributed by atoms with Crippen molar-refractivity contribution in [3.63, 3.8) is 0 Å². The summed E-state index contributed by atoms with van der Waals surface area (Å²) in [4.78, 5) is 26.2. The van der Waals surface area contributed by atoms with Crippen LogP contribution in [0, 0.1) is 3.57 Å².